The Morgan fingerprint density at radius 2 is 1.85 bits per heavy atom. The van der Waals surface area contributed by atoms with E-state index in [1.807, 2.05) is 30.3 Å². The molecule has 0 heterocycles. The number of hydrogen-bond acceptors (Lipinski definition) is 4. The Labute approximate surface area is 160 Å². The lowest BCUT2D eigenvalue weighted by atomic mass is 9.95. The summed E-state index contributed by atoms with van der Waals surface area (Å²) in [6, 6.07) is 8.70. The van der Waals surface area contributed by atoms with Gasteiger partial charge in [0.15, 0.2) is 0 Å². The van der Waals surface area contributed by atoms with Gasteiger partial charge >= 0.3 is 0 Å². The Morgan fingerprint density at radius 1 is 1.19 bits per heavy atom. The van der Waals surface area contributed by atoms with Crippen LogP contribution >= 0.6 is 0 Å². The van der Waals surface area contributed by atoms with Crippen molar-refractivity contribution in [3.63, 3.8) is 0 Å². The molecule has 1 fully saturated rings. The third-order valence-electron chi connectivity index (χ3n) is 5.22. The Kier molecular flexibility index (Phi) is 8.00. The summed E-state index contributed by atoms with van der Waals surface area (Å²) in [6.07, 6.45) is 5.47. The van der Waals surface area contributed by atoms with Crippen LogP contribution in [0.3, 0.4) is 0 Å². The largest absolute Gasteiger partial charge is 0.394 e. The molecule has 1 aromatic carbocycles. The molecule has 0 saturated heterocycles. The van der Waals surface area contributed by atoms with Crippen LogP contribution in [0.4, 0.5) is 0 Å². The van der Waals surface area contributed by atoms with E-state index in [-0.39, 0.29) is 31.4 Å². The highest BCUT2D eigenvalue weighted by molar-refractivity contribution is 5.86. The average molecular weight is 374 g/mol. The van der Waals surface area contributed by atoms with Crippen LogP contribution in [0.15, 0.2) is 43.0 Å². The number of allylic oxidation sites excluding steroid dienone is 1. The smallest absolute Gasteiger partial charge is 0.224 e. The Morgan fingerprint density at radius 3 is 2.41 bits per heavy atom. The second-order valence-corrected chi connectivity index (χ2v) is 7.27. The van der Waals surface area contributed by atoms with Crippen molar-refractivity contribution in [3.8, 4) is 0 Å². The van der Waals surface area contributed by atoms with Crippen LogP contribution in [0.1, 0.15) is 50.1 Å². The fourth-order valence-electron chi connectivity index (χ4n) is 3.64. The van der Waals surface area contributed by atoms with Crippen molar-refractivity contribution < 1.29 is 19.8 Å². The molecule has 1 aromatic rings. The first-order chi connectivity index (χ1) is 13.0. The highest BCUT2D eigenvalue weighted by Crippen LogP contribution is 2.29. The SMILES string of the molecule is C=CC[C@H](CC(=O)NC1(CO)CCCC1)C(=O)N[C@H](CO)c1ccccc1. The standard InChI is InChI=1S/C21H30N2O4/c1-2-8-17(13-19(26)23-21(15-25)11-6-7-12-21)20(27)22-18(14-24)16-9-4-3-5-10-16/h2-5,9-10,17-18,24-25H,1,6-8,11-15H2,(H,22,27)(H,23,26)/t17-,18-/m1/s1. The van der Waals surface area contributed by atoms with Gasteiger partial charge in [-0.2, -0.15) is 0 Å². The average Bonchev–Trinajstić information content (AvgIpc) is 3.15. The highest BCUT2D eigenvalue weighted by Gasteiger charge is 2.35. The van der Waals surface area contributed by atoms with Gasteiger partial charge in [-0.15, -0.1) is 6.58 Å². The quantitative estimate of drug-likeness (QED) is 0.470. The van der Waals surface area contributed by atoms with E-state index >= 15 is 0 Å². The fourth-order valence-corrected chi connectivity index (χ4v) is 3.64. The maximum atomic E-state index is 12.7. The van der Waals surface area contributed by atoms with E-state index in [1.54, 1.807) is 6.08 Å². The van der Waals surface area contributed by atoms with Crippen molar-refractivity contribution in [1.82, 2.24) is 10.6 Å². The number of aliphatic hydroxyl groups is 2. The van der Waals surface area contributed by atoms with Crippen LogP contribution in [-0.4, -0.2) is 40.8 Å². The fraction of sp³-hybridized carbons (Fsp3) is 0.524. The van der Waals surface area contributed by atoms with Gasteiger partial charge < -0.3 is 20.8 Å². The number of carbonyl (C=O) groups is 2. The zero-order chi connectivity index (χ0) is 19.7. The molecule has 2 atom stereocenters. The molecule has 6 heteroatoms. The van der Waals surface area contributed by atoms with Gasteiger partial charge in [0.25, 0.3) is 0 Å². The van der Waals surface area contributed by atoms with Gasteiger partial charge in [0.2, 0.25) is 11.8 Å². The number of hydrogen-bond donors (Lipinski definition) is 4. The molecule has 0 aliphatic heterocycles. The molecule has 1 aliphatic carbocycles. The second-order valence-electron chi connectivity index (χ2n) is 7.27. The molecule has 2 rings (SSSR count). The van der Waals surface area contributed by atoms with E-state index in [9.17, 15) is 19.8 Å². The first-order valence-electron chi connectivity index (χ1n) is 9.52. The van der Waals surface area contributed by atoms with Crippen molar-refractivity contribution in [1.29, 1.82) is 0 Å². The zero-order valence-electron chi connectivity index (χ0n) is 15.7. The zero-order valence-corrected chi connectivity index (χ0v) is 15.7. The number of benzene rings is 1. The monoisotopic (exact) mass is 374 g/mol. The van der Waals surface area contributed by atoms with Crippen molar-refractivity contribution in [2.45, 2.75) is 50.1 Å². The van der Waals surface area contributed by atoms with E-state index in [0.717, 1.165) is 31.2 Å². The van der Waals surface area contributed by atoms with Gasteiger partial charge in [-0.1, -0.05) is 49.2 Å². The predicted octanol–water partition coefficient (Wildman–Crippen LogP) is 1.84. The Balaban J connectivity index is 1.99. The second kappa shape index (κ2) is 10.2. The predicted molar refractivity (Wildman–Crippen MR) is 104 cm³/mol. The molecule has 0 bridgehead atoms. The minimum absolute atomic E-state index is 0.0204. The van der Waals surface area contributed by atoms with Crippen LogP contribution in [0.25, 0.3) is 0 Å². The van der Waals surface area contributed by atoms with E-state index in [0.29, 0.717) is 6.42 Å². The van der Waals surface area contributed by atoms with E-state index in [1.165, 1.54) is 0 Å². The van der Waals surface area contributed by atoms with Crippen LogP contribution in [0, 0.1) is 5.92 Å². The number of nitrogens with one attached hydrogen (secondary N) is 2. The van der Waals surface area contributed by atoms with Gasteiger partial charge in [-0.25, -0.2) is 0 Å². The van der Waals surface area contributed by atoms with E-state index < -0.39 is 17.5 Å². The summed E-state index contributed by atoms with van der Waals surface area (Å²) < 4.78 is 0. The minimum atomic E-state index is -0.572. The van der Waals surface area contributed by atoms with Crippen LogP contribution in [0.2, 0.25) is 0 Å². The van der Waals surface area contributed by atoms with E-state index in [2.05, 4.69) is 17.2 Å². The lowest BCUT2D eigenvalue weighted by Crippen LogP contribution is -2.50. The number of carbonyl (C=O) groups excluding carboxylic acids is 2. The molecule has 0 spiro atoms. The van der Waals surface area contributed by atoms with Gasteiger partial charge in [0.05, 0.1) is 30.7 Å². The lowest BCUT2D eigenvalue weighted by molar-refractivity contribution is -0.132. The maximum Gasteiger partial charge on any atom is 0.224 e. The first-order valence-corrected chi connectivity index (χ1v) is 9.52. The van der Waals surface area contributed by atoms with Crippen LogP contribution in [-0.2, 0) is 9.59 Å². The van der Waals surface area contributed by atoms with Gasteiger partial charge in [-0.05, 0) is 24.8 Å². The molecule has 6 nitrogen and oxygen atoms in total. The van der Waals surface area contributed by atoms with Crippen molar-refractivity contribution in [2.75, 3.05) is 13.2 Å². The van der Waals surface area contributed by atoms with Gasteiger partial charge in [0, 0.05) is 6.42 Å². The third kappa shape index (κ3) is 5.91. The third-order valence-corrected chi connectivity index (χ3v) is 5.22. The van der Waals surface area contributed by atoms with Gasteiger partial charge in [0.1, 0.15) is 0 Å². The van der Waals surface area contributed by atoms with Crippen LogP contribution in [0.5, 0.6) is 0 Å². The summed E-state index contributed by atoms with van der Waals surface area (Å²) in [5, 5.41) is 25.0. The van der Waals surface area contributed by atoms with Gasteiger partial charge in [-0.3, -0.25) is 9.59 Å². The maximum absolute atomic E-state index is 12.7. The van der Waals surface area contributed by atoms with Crippen molar-refractivity contribution in [2.24, 2.45) is 5.92 Å². The highest BCUT2D eigenvalue weighted by atomic mass is 16.3. The van der Waals surface area contributed by atoms with Crippen LogP contribution < -0.4 is 10.6 Å². The summed E-state index contributed by atoms with van der Waals surface area (Å²) in [4.78, 5) is 25.2. The number of aliphatic hydroxyl groups excluding tert-OH is 2. The topological polar surface area (TPSA) is 98.7 Å². The normalized spacial score (nSPS) is 17.7. The Bertz CT molecular complexity index is 626. The molecule has 4 N–H and O–H groups in total. The first kappa shape index (κ1) is 21.1. The molecular weight excluding hydrogens is 344 g/mol. The minimum Gasteiger partial charge on any atom is -0.394 e. The molecule has 2 amide bonds. The number of rotatable bonds is 10. The van der Waals surface area contributed by atoms with Crippen molar-refractivity contribution in [3.05, 3.63) is 48.6 Å². The summed E-state index contributed by atoms with van der Waals surface area (Å²) in [7, 11) is 0. The molecule has 0 unspecified atom stereocenters. The molecule has 0 radical (unpaired) electrons. The summed E-state index contributed by atoms with van der Waals surface area (Å²) in [6.45, 7) is 3.37. The molecule has 1 aliphatic rings. The van der Waals surface area contributed by atoms with Crippen molar-refractivity contribution >= 4 is 11.8 Å². The molecule has 27 heavy (non-hydrogen) atoms. The summed E-state index contributed by atoms with van der Waals surface area (Å²) >= 11 is 0. The van der Waals surface area contributed by atoms with E-state index in [4.69, 9.17) is 0 Å². The summed E-state index contributed by atoms with van der Waals surface area (Å²) in [5.74, 6) is -1.11. The Hall–Kier alpha value is -2.18. The molecule has 148 valence electrons. The molecule has 0 aromatic heterocycles. The lowest BCUT2D eigenvalue weighted by Gasteiger charge is -2.29. The number of amides is 2. The molecule has 1 saturated carbocycles. The molecular formula is C21H30N2O4. The summed E-state index contributed by atoms with van der Waals surface area (Å²) in [5.41, 5.74) is 0.254.